The van der Waals surface area contributed by atoms with E-state index in [9.17, 15) is 0 Å². The van der Waals surface area contributed by atoms with E-state index in [-0.39, 0.29) is 0 Å². The molecule has 0 aliphatic carbocycles. The summed E-state index contributed by atoms with van der Waals surface area (Å²) in [6, 6.07) is 0. The molecule has 0 radical (unpaired) electrons. The van der Waals surface area contributed by atoms with Crippen LogP contribution in [0.3, 0.4) is 0 Å². The van der Waals surface area contributed by atoms with E-state index in [4.69, 9.17) is 0 Å². The van der Waals surface area contributed by atoms with Crippen LogP contribution in [0.2, 0.25) is 0 Å². The van der Waals surface area contributed by atoms with Gasteiger partial charge in [0.15, 0.2) is 0 Å². The molecule has 0 spiro atoms. The molecule has 0 saturated heterocycles. The van der Waals surface area contributed by atoms with E-state index < -0.39 is 0 Å². The minimum absolute atomic E-state index is 1.17. The van der Waals surface area contributed by atoms with E-state index >= 15 is 0 Å². The van der Waals surface area contributed by atoms with Crippen molar-refractivity contribution < 1.29 is 4.57 Å². The third kappa shape index (κ3) is 1.20. The maximum Gasteiger partial charge on any atom is 0.255 e. The van der Waals surface area contributed by atoms with Crippen LogP contribution in [0.15, 0.2) is 12.4 Å². The molecular formula is C8H15N2+. The van der Waals surface area contributed by atoms with E-state index in [2.05, 4.69) is 42.5 Å². The maximum absolute atomic E-state index is 2.20. The molecule has 0 amide bonds. The van der Waals surface area contributed by atoms with Crippen molar-refractivity contribution in [1.29, 1.82) is 0 Å². The Morgan fingerprint density at radius 3 is 2.70 bits per heavy atom. The van der Waals surface area contributed by atoms with Crippen molar-refractivity contribution in [2.24, 2.45) is 14.1 Å². The summed E-state index contributed by atoms with van der Waals surface area (Å²) in [5, 5.41) is 0. The van der Waals surface area contributed by atoms with Crippen molar-refractivity contribution in [2.45, 2.75) is 19.8 Å². The van der Waals surface area contributed by atoms with Gasteiger partial charge in [-0.15, -0.1) is 0 Å². The van der Waals surface area contributed by atoms with Gasteiger partial charge in [0.25, 0.3) is 5.82 Å². The number of imidazole rings is 1. The number of rotatable bonds is 2. The molecule has 0 atom stereocenters. The van der Waals surface area contributed by atoms with Gasteiger partial charge in [0.05, 0.1) is 14.1 Å². The van der Waals surface area contributed by atoms with Crippen LogP contribution in [0.1, 0.15) is 19.2 Å². The molecule has 0 saturated carbocycles. The predicted molar refractivity (Wildman–Crippen MR) is 40.6 cm³/mol. The molecule has 0 bridgehead atoms. The highest BCUT2D eigenvalue weighted by Crippen LogP contribution is 1.94. The molecule has 0 aliphatic heterocycles. The summed E-state index contributed by atoms with van der Waals surface area (Å²) in [7, 11) is 4.18. The van der Waals surface area contributed by atoms with E-state index in [1.54, 1.807) is 0 Å². The summed E-state index contributed by atoms with van der Waals surface area (Å²) in [5.41, 5.74) is 0. The Bertz CT molecular complexity index is 194. The van der Waals surface area contributed by atoms with Crippen molar-refractivity contribution in [1.82, 2.24) is 4.57 Å². The van der Waals surface area contributed by atoms with Gasteiger partial charge in [0.2, 0.25) is 0 Å². The van der Waals surface area contributed by atoms with Gasteiger partial charge in [0, 0.05) is 6.42 Å². The predicted octanol–water partition coefficient (Wildman–Crippen LogP) is 0.802. The minimum atomic E-state index is 1.17. The third-order valence-electron chi connectivity index (χ3n) is 1.80. The van der Waals surface area contributed by atoms with Crippen molar-refractivity contribution in [2.75, 3.05) is 0 Å². The zero-order chi connectivity index (χ0) is 7.56. The molecule has 1 heterocycles. The lowest BCUT2D eigenvalue weighted by atomic mass is 10.3. The quantitative estimate of drug-likeness (QED) is 0.536. The van der Waals surface area contributed by atoms with E-state index in [0.717, 1.165) is 0 Å². The Balaban J connectivity index is 2.87. The molecule has 10 heavy (non-hydrogen) atoms. The van der Waals surface area contributed by atoms with Crippen LogP contribution in [0.25, 0.3) is 0 Å². The highest BCUT2D eigenvalue weighted by Gasteiger charge is 2.07. The van der Waals surface area contributed by atoms with E-state index in [1.165, 1.54) is 18.7 Å². The molecular weight excluding hydrogens is 124 g/mol. The second-order valence-electron chi connectivity index (χ2n) is 2.69. The zero-order valence-electron chi connectivity index (χ0n) is 6.96. The van der Waals surface area contributed by atoms with Crippen LogP contribution in [-0.4, -0.2) is 4.57 Å². The fraction of sp³-hybridized carbons (Fsp3) is 0.625. The van der Waals surface area contributed by atoms with Crippen LogP contribution >= 0.6 is 0 Å². The van der Waals surface area contributed by atoms with E-state index in [1.807, 2.05) is 0 Å². The molecule has 0 N–H and O–H groups in total. The fourth-order valence-corrected chi connectivity index (χ4v) is 1.20. The van der Waals surface area contributed by atoms with Gasteiger partial charge in [-0.2, -0.15) is 0 Å². The zero-order valence-corrected chi connectivity index (χ0v) is 6.96. The topological polar surface area (TPSA) is 8.81 Å². The molecule has 1 aromatic heterocycles. The normalized spacial score (nSPS) is 10.3. The first-order chi connectivity index (χ1) is 4.75. The number of hydrogen-bond donors (Lipinski definition) is 0. The van der Waals surface area contributed by atoms with Crippen LogP contribution < -0.4 is 4.57 Å². The van der Waals surface area contributed by atoms with Crippen molar-refractivity contribution in [3.63, 3.8) is 0 Å². The third-order valence-corrected chi connectivity index (χ3v) is 1.80. The second kappa shape index (κ2) is 2.86. The Morgan fingerprint density at radius 1 is 1.60 bits per heavy atom. The molecule has 2 heteroatoms. The lowest BCUT2D eigenvalue weighted by Crippen LogP contribution is -2.31. The van der Waals surface area contributed by atoms with Crippen molar-refractivity contribution in [3.8, 4) is 0 Å². The Hall–Kier alpha value is -0.790. The Kier molecular flexibility index (Phi) is 2.10. The smallest absolute Gasteiger partial charge is 0.237 e. The summed E-state index contributed by atoms with van der Waals surface area (Å²) in [6.07, 6.45) is 6.56. The van der Waals surface area contributed by atoms with Gasteiger partial charge in [-0.25, -0.2) is 9.13 Å². The van der Waals surface area contributed by atoms with Gasteiger partial charge >= 0.3 is 0 Å². The van der Waals surface area contributed by atoms with Gasteiger partial charge in [-0.05, 0) is 6.42 Å². The molecule has 2 nitrogen and oxygen atoms in total. The minimum Gasteiger partial charge on any atom is -0.237 e. The second-order valence-corrected chi connectivity index (χ2v) is 2.69. The molecule has 0 unspecified atom stereocenters. The van der Waals surface area contributed by atoms with E-state index in [0.29, 0.717) is 0 Å². The van der Waals surface area contributed by atoms with Gasteiger partial charge < -0.3 is 0 Å². The number of aryl methyl sites for hydroxylation is 2. The summed E-state index contributed by atoms with van der Waals surface area (Å²) in [6.45, 7) is 2.20. The standard InChI is InChI=1S/C8H15N2/c1-4-5-8-9(2)6-7-10(8)3/h6-7H,4-5H2,1-3H3/q+1. The lowest BCUT2D eigenvalue weighted by Gasteiger charge is -1.93. The van der Waals surface area contributed by atoms with Crippen LogP contribution in [-0.2, 0) is 20.5 Å². The summed E-state index contributed by atoms with van der Waals surface area (Å²) in [4.78, 5) is 0. The number of hydrogen-bond acceptors (Lipinski definition) is 0. The monoisotopic (exact) mass is 139 g/mol. The summed E-state index contributed by atoms with van der Waals surface area (Å²) in [5.74, 6) is 1.39. The maximum atomic E-state index is 2.20. The average molecular weight is 139 g/mol. The first-order valence-electron chi connectivity index (χ1n) is 3.75. The van der Waals surface area contributed by atoms with Crippen LogP contribution in [0.5, 0.6) is 0 Å². The highest BCUT2D eigenvalue weighted by atomic mass is 15.1. The SMILES string of the molecule is CCCc1n(C)cc[n+]1C. The molecule has 0 fully saturated rings. The summed E-state index contributed by atoms with van der Waals surface area (Å²) >= 11 is 0. The highest BCUT2D eigenvalue weighted by molar-refractivity contribution is 4.81. The van der Waals surface area contributed by atoms with Crippen molar-refractivity contribution >= 4 is 0 Å². The first-order valence-corrected chi connectivity index (χ1v) is 3.75. The van der Waals surface area contributed by atoms with Gasteiger partial charge in [-0.1, -0.05) is 6.92 Å². The molecule has 0 aromatic carbocycles. The van der Waals surface area contributed by atoms with Gasteiger partial charge in [-0.3, -0.25) is 0 Å². The molecule has 56 valence electrons. The van der Waals surface area contributed by atoms with Crippen LogP contribution in [0.4, 0.5) is 0 Å². The molecule has 1 aromatic rings. The average Bonchev–Trinajstić information content (AvgIpc) is 2.20. The Morgan fingerprint density at radius 2 is 2.30 bits per heavy atom. The Labute approximate surface area is 62.1 Å². The fourth-order valence-electron chi connectivity index (χ4n) is 1.20. The largest absolute Gasteiger partial charge is 0.255 e. The first kappa shape index (κ1) is 7.32. The summed E-state index contributed by atoms with van der Waals surface area (Å²) < 4.78 is 4.34. The van der Waals surface area contributed by atoms with Crippen LogP contribution in [0, 0.1) is 0 Å². The molecule has 1 rings (SSSR count). The van der Waals surface area contributed by atoms with Crippen molar-refractivity contribution in [3.05, 3.63) is 18.2 Å². The van der Waals surface area contributed by atoms with Gasteiger partial charge in [0.1, 0.15) is 12.4 Å². The number of nitrogens with zero attached hydrogens (tertiary/aromatic N) is 2. The number of aromatic nitrogens is 2. The molecule has 0 aliphatic rings. The lowest BCUT2D eigenvalue weighted by molar-refractivity contribution is -0.678.